The molecular formula is C23H28N4O2. The lowest BCUT2D eigenvalue weighted by Crippen LogP contribution is -2.46. The third-order valence-corrected chi connectivity index (χ3v) is 5.89. The predicted molar refractivity (Wildman–Crippen MR) is 113 cm³/mol. The quantitative estimate of drug-likeness (QED) is 0.645. The van der Waals surface area contributed by atoms with E-state index in [9.17, 15) is 0 Å². The number of para-hydroxylation sites is 1. The Morgan fingerprint density at radius 1 is 0.862 bits per heavy atom. The number of ether oxygens (including phenoxy) is 2. The van der Waals surface area contributed by atoms with E-state index in [1.807, 2.05) is 6.07 Å². The van der Waals surface area contributed by atoms with Crippen molar-refractivity contribution in [1.29, 1.82) is 0 Å². The summed E-state index contributed by atoms with van der Waals surface area (Å²) >= 11 is 0. The van der Waals surface area contributed by atoms with Crippen LogP contribution in [0, 0.1) is 0 Å². The Kier molecular flexibility index (Phi) is 5.37. The van der Waals surface area contributed by atoms with Crippen molar-refractivity contribution in [2.24, 2.45) is 0 Å². The number of benzene rings is 1. The summed E-state index contributed by atoms with van der Waals surface area (Å²) in [6.07, 6.45) is 5.19. The molecule has 0 bridgehead atoms. The predicted octanol–water partition coefficient (Wildman–Crippen LogP) is 3.02. The van der Waals surface area contributed by atoms with Crippen molar-refractivity contribution in [3.8, 4) is 11.5 Å². The van der Waals surface area contributed by atoms with Gasteiger partial charge in [-0.1, -0.05) is 18.2 Å². The molecule has 1 saturated heterocycles. The van der Waals surface area contributed by atoms with Crippen molar-refractivity contribution >= 4 is 10.9 Å². The highest BCUT2D eigenvalue weighted by molar-refractivity contribution is 5.79. The zero-order valence-corrected chi connectivity index (χ0v) is 16.8. The minimum atomic E-state index is 0.608. The van der Waals surface area contributed by atoms with Gasteiger partial charge < -0.3 is 18.9 Å². The van der Waals surface area contributed by atoms with Gasteiger partial charge in [0.05, 0.1) is 11.9 Å². The van der Waals surface area contributed by atoms with Crippen LogP contribution in [0.1, 0.15) is 12.1 Å². The van der Waals surface area contributed by atoms with E-state index >= 15 is 0 Å². The van der Waals surface area contributed by atoms with Gasteiger partial charge in [0.1, 0.15) is 13.2 Å². The van der Waals surface area contributed by atoms with Crippen LogP contribution in [0.25, 0.3) is 10.9 Å². The number of piperazine rings is 1. The lowest BCUT2D eigenvalue weighted by Gasteiger charge is -2.34. The van der Waals surface area contributed by atoms with Gasteiger partial charge in [0.15, 0.2) is 11.5 Å². The second-order valence-electron chi connectivity index (χ2n) is 7.86. The van der Waals surface area contributed by atoms with Gasteiger partial charge in [-0.25, -0.2) is 0 Å². The van der Waals surface area contributed by atoms with Gasteiger partial charge in [0.25, 0.3) is 0 Å². The molecule has 0 amide bonds. The first-order chi connectivity index (χ1) is 14.3. The molecule has 2 aromatic heterocycles. The molecule has 6 nitrogen and oxygen atoms in total. The van der Waals surface area contributed by atoms with E-state index in [1.54, 1.807) is 6.20 Å². The molecule has 0 atom stereocenters. The van der Waals surface area contributed by atoms with E-state index in [4.69, 9.17) is 9.47 Å². The third-order valence-electron chi connectivity index (χ3n) is 5.89. The van der Waals surface area contributed by atoms with Crippen LogP contribution in [-0.4, -0.2) is 65.3 Å². The van der Waals surface area contributed by atoms with Gasteiger partial charge in [-0.15, -0.1) is 0 Å². The van der Waals surface area contributed by atoms with Crippen LogP contribution in [0.4, 0.5) is 0 Å². The van der Waals surface area contributed by atoms with Crippen molar-refractivity contribution in [2.75, 3.05) is 45.9 Å². The van der Waals surface area contributed by atoms with E-state index in [0.717, 1.165) is 63.0 Å². The molecule has 5 rings (SSSR count). The topological polar surface area (TPSA) is 42.8 Å². The van der Waals surface area contributed by atoms with Gasteiger partial charge in [-0.05, 0) is 30.5 Å². The van der Waals surface area contributed by atoms with E-state index in [0.29, 0.717) is 13.2 Å². The molecule has 2 aliphatic rings. The highest BCUT2D eigenvalue weighted by atomic mass is 16.6. The summed E-state index contributed by atoms with van der Waals surface area (Å²) in [5.74, 6) is 1.60. The van der Waals surface area contributed by atoms with Gasteiger partial charge >= 0.3 is 0 Å². The number of aryl methyl sites for hydroxylation is 1. The van der Waals surface area contributed by atoms with Crippen LogP contribution in [0.15, 0.2) is 48.8 Å². The average Bonchev–Trinajstić information content (AvgIpc) is 3.18. The first-order valence-corrected chi connectivity index (χ1v) is 10.6. The van der Waals surface area contributed by atoms with Gasteiger partial charge in [0, 0.05) is 57.0 Å². The standard InChI is InChI=1S/C23H28N4O2/c1-2-5-21-19(4-1)6-9-27(21)8-3-7-25-10-12-26(13-11-25)18-20-16-22-23(17-24-20)29-15-14-28-22/h1-2,4-6,9,16-17H,3,7-8,10-15,18H2. The lowest BCUT2D eigenvalue weighted by atomic mass is 10.2. The molecule has 3 aromatic rings. The Morgan fingerprint density at radius 2 is 1.66 bits per heavy atom. The first-order valence-electron chi connectivity index (χ1n) is 10.6. The summed E-state index contributed by atoms with van der Waals surface area (Å²) in [5, 5.41) is 1.33. The maximum atomic E-state index is 5.68. The third kappa shape index (κ3) is 4.23. The van der Waals surface area contributed by atoms with Crippen LogP contribution in [-0.2, 0) is 13.1 Å². The van der Waals surface area contributed by atoms with Crippen molar-refractivity contribution < 1.29 is 9.47 Å². The normalized spacial score (nSPS) is 17.7. The summed E-state index contributed by atoms with van der Waals surface area (Å²) < 4.78 is 13.6. The maximum Gasteiger partial charge on any atom is 0.179 e. The fourth-order valence-corrected chi connectivity index (χ4v) is 4.28. The Morgan fingerprint density at radius 3 is 2.55 bits per heavy atom. The molecule has 2 aliphatic heterocycles. The summed E-state index contributed by atoms with van der Waals surface area (Å²) in [7, 11) is 0. The molecule has 1 aromatic carbocycles. The van der Waals surface area contributed by atoms with E-state index < -0.39 is 0 Å². The monoisotopic (exact) mass is 392 g/mol. The van der Waals surface area contributed by atoms with Crippen LogP contribution in [0.2, 0.25) is 0 Å². The SMILES string of the molecule is c1ccc2c(c1)ccn2CCCN1CCN(Cc2cc3c(cn2)OCCO3)CC1. The average molecular weight is 393 g/mol. The lowest BCUT2D eigenvalue weighted by molar-refractivity contribution is 0.123. The Bertz CT molecular complexity index is 962. The fourth-order valence-electron chi connectivity index (χ4n) is 4.28. The Balaban J connectivity index is 1.08. The number of fused-ring (bicyclic) bond motifs is 2. The van der Waals surface area contributed by atoms with Gasteiger partial charge in [-0.2, -0.15) is 0 Å². The van der Waals surface area contributed by atoms with E-state index in [1.165, 1.54) is 17.3 Å². The largest absolute Gasteiger partial charge is 0.486 e. The maximum absolute atomic E-state index is 5.68. The molecule has 0 N–H and O–H groups in total. The smallest absolute Gasteiger partial charge is 0.179 e. The fraction of sp³-hybridized carbons (Fsp3) is 0.435. The minimum absolute atomic E-state index is 0.608. The molecule has 0 spiro atoms. The highest BCUT2D eigenvalue weighted by Gasteiger charge is 2.19. The molecule has 1 fully saturated rings. The first kappa shape index (κ1) is 18.5. The number of rotatable bonds is 6. The molecule has 0 unspecified atom stereocenters. The summed E-state index contributed by atoms with van der Waals surface area (Å²) in [6, 6.07) is 12.9. The Labute approximate surface area is 171 Å². The molecular weight excluding hydrogens is 364 g/mol. The zero-order chi connectivity index (χ0) is 19.5. The van der Waals surface area contributed by atoms with E-state index in [-0.39, 0.29) is 0 Å². The number of aromatic nitrogens is 2. The van der Waals surface area contributed by atoms with Crippen molar-refractivity contribution in [3.63, 3.8) is 0 Å². The van der Waals surface area contributed by atoms with Crippen LogP contribution >= 0.6 is 0 Å². The van der Waals surface area contributed by atoms with Crippen LogP contribution in [0.3, 0.4) is 0 Å². The molecule has 4 heterocycles. The minimum Gasteiger partial charge on any atom is -0.486 e. The summed E-state index contributed by atoms with van der Waals surface area (Å²) in [5.41, 5.74) is 2.39. The number of pyridine rings is 1. The van der Waals surface area contributed by atoms with Gasteiger partial charge in [-0.3, -0.25) is 9.88 Å². The van der Waals surface area contributed by atoms with Gasteiger partial charge in [0.2, 0.25) is 0 Å². The molecule has 0 aliphatic carbocycles. The molecule has 6 heteroatoms. The van der Waals surface area contributed by atoms with Crippen LogP contribution < -0.4 is 9.47 Å². The molecule has 29 heavy (non-hydrogen) atoms. The summed E-state index contributed by atoms with van der Waals surface area (Å²) in [6.45, 7) is 8.75. The van der Waals surface area contributed by atoms with Crippen molar-refractivity contribution in [2.45, 2.75) is 19.5 Å². The molecule has 0 radical (unpaired) electrons. The second-order valence-corrected chi connectivity index (χ2v) is 7.86. The summed E-state index contributed by atoms with van der Waals surface area (Å²) in [4.78, 5) is 9.61. The highest BCUT2D eigenvalue weighted by Crippen LogP contribution is 2.29. The second kappa shape index (κ2) is 8.43. The molecule has 0 saturated carbocycles. The number of hydrogen-bond donors (Lipinski definition) is 0. The molecule has 152 valence electrons. The Hall–Kier alpha value is -2.57. The van der Waals surface area contributed by atoms with E-state index in [2.05, 4.69) is 55.9 Å². The van der Waals surface area contributed by atoms with Crippen LogP contribution in [0.5, 0.6) is 11.5 Å². The zero-order valence-electron chi connectivity index (χ0n) is 16.8. The number of nitrogens with zero attached hydrogens (tertiary/aromatic N) is 4. The van der Waals surface area contributed by atoms with Crippen molar-refractivity contribution in [3.05, 3.63) is 54.5 Å². The van der Waals surface area contributed by atoms with Crippen molar-refractivity contribution in [1.82, 2.24) is 19.4 Å². The number of hydrogen-bond acceptors (Lipinski definition) is 5.